The SMILES string of the molecule is CCOC[C@]12CN(C(=O)COC)CC[C@H]1CN(c1ccc(C#N)c(C(F)(F)F)c1)C2. The molecule has 2 fully saturated rings. The second-order valence-corrected chi connectivity index (χ2v) is 7.95. The van der Waals surface area contributed by atoms with Crippen molar-refractivity contribution < 1.29 is 27.4 Å². The van der Waals surface area contributed by atoms with Crippen LogP contribution in [0.25, 0.3) is 0 Å². The van der Waals surface area contributed by atoms with Gasteiger partial charge in [-0.15, -0.1) is 0 Å². The van der Waals surface area contributed by atoms with Crippen molar-refractivity contribution in [1.29, 1.82) is 5.26 Å². The molecule has 164 valence electrons. The number of rotatable bonds is 6. The van der Waals surface area contributed by atoms with Gasteiger partial charge in [0.15, 0.2) is 0 Å². The summed E-state index contributed by atoms with van der Waals surface area (Å²) in [5.74, 6) is 0.101. The summed E-state index contributed by atoms with van der Waals surface area (Å²) in [6.45, 7) is 5.00. The summed E-state index contributed by atoms with van der Waals surface area (Å²) in [6.07, 6.45) is -3.85. The number of fused-ring (bicyclic) bond motifs is 1. The summed E-state index contributed by atoms with van der Waals surface area (Å²) >= 11 is 0. The highest BCUT2D eigenvalue weighted by molar-refractivity contribution is 5.77. The van der Waals surface area contributed by atoms with Gasteiger partial charge in [0, 0.05) is 51.0 Å². The topological polar surface area (TPSA) is 65.8 Å². The van der Waals surface area contributed by atoms with Crippen molar-refractivity contribution in [2.45, 2.75) is 19.5 Å². The lowest BCUT2D eigenvalue weighted by Crippen LogP contribution is -2.53. The number of ether oxygens (including phenoxy) is 2. The van der Waals surface area contributed by atoms with Crippen LogP contribution in [0.5, 0.6) is 0 Å². The molecule has 0 spiro atoms. The average Bonchev–Trinajstić information content (AvgIpc) is 3.10. The van der Waals surface area contributed by atoms with Gasteiger partial charge in [-0.05, 0) is 37.5 Å². The third-order valence-electron chi connectivity index (χ3n) is 6.07. The van der Waals surface area contributed by atoms with Gasteiger partial charge < -0.3 is 19.3 Å². The van der Waals surface area contributed by atoms with Gasteiger partial charge in [-0.25, -0.2) is 0 Å². The van der Waals surface area contributed by atoms with Crippen LogP contribution in [-0.4, -0.2) is 63.9 Å². The van der Waals surface area contributed by atoms with Crippen molar-refractivity contribution in [3.63, 3.8) is 0 Å². The molecule has 1 amide bonds. The van der Waals surface area contributed by atoms with Crippen LogP contribution in [0.2, 0.25) is 0 Å². The second kappa shape index (κ2) is 8.82. The molecular formula is C21H26F3N3O3. The minimum absolute atomic E-state index is 0.00363. The number of halogens is 3. The smallest absolute Gasteiger partial charge is 0.381 e. The van der Waals surface area contributed by atoms with E-state index in [1.54, 1.807) is 17.0 Å². The Labute approximate surface area is 174 Å². The Kier molecular flexibility index (Phi) is 6.58. The Balaban J connectivity index is 1.88. The first-order chi connectivity index (χ1) is 14.2. The molecule has 2 atom stereocenters. The minimum Gasteiger partial charge on any atom is -0.381 e. The van der Waals surface area contributed by atoms with Gasteiger partial charge in [0.05, 0.1) is 23.8 Å². The van der Waals surface area contributed by atoms with E-state index < -0.39 is 11.7 Å². The molecule has 0 aromatic heterocycles. The normalized spacial score (nSPS) is 23.9. The fourth-order valence-electron chi connectivity index (χ4n) is 4.58. The summed E-state index contributed by atoms with van der Waals surface area (Å²) < 4.78 is 50.9. The molecule has 2 aliphatic rings. The lowest BCUT2D eigenvalue weighted by Gasteiger charge is -2.43. The summed E-state index contributed by atoms with van der Waals surface area (Å²) in [7, 11) is 1.47. The van der Waals surface area contributed by atoms with Gasteiger partial charge in [0.1, 0.15) is 6.61 Å². The van der Waals surface area contributed by atoms with Gasteiger partial charge in [-0.3, -0.25) is 4.79 Å². The monoisotopic (exact) mass is 425 g/mol. The summed E-state index contributed by atoms with van der Waals surface area (Å²) in [5, 5.41) is 9.04. The molecule has 0 radical (unpaired) electrons. The maximum atomic E-state index is 13.4. The maximum Gasteiger partial charge on any atom is 0.417 e. The standard InChI is InChI=1S/C21H26F3N3O3/c1-3-30-14-20-12-26(19(28)11-29-2)7-6-16(20)10-27(13-20)17-5-4-15(9-25)18(8-17)21(22,23)24/h4-5,8,16H,3,6-7,10-14H2,1-2H3/t16-,20+/m0/s1. The Morgan fingerprint density at radius 1 is 1.37 bits per heavy atom. The maximum absolute atomic E-state index is 13.4. The highest BCUT2D eigenvalue weighted by Gasteiger charge is 2.51. The van der Waals surface area contributed by atoms with Crippen molar-refractivity contribution in [3.8, 4) is 6.07 Å². The fraction of sp³-hybridized carbons (Fsp3) is 0.619. The van der Waals surface area contributed by atoms with Gasteiger partial charge in [-0.2, -0.15) is 18.4 Å². The van der Waals surface area contributed by atoms with Crippen molar-refractivity contribution in [2.75, 3.05) is 58.0 Å². The molecule has 0 saturated carbocycles. The molecule has 6 nitrogen and oxygen atoms in total. The molecule has 3 rings (SSSR count). The van der Waals surface area contributed by atoms with Crippen LogP contribution in [-0.2, 0) is 20.4 Å². The molecule has 0 bridgehead atoms. The number of piperidine rings is 1. The number of likely N-dealkylation sites (tertiary alicyclic amines) is 1. The van der Waals surface area contributed by atoms with E-state index in [9.17, 15) is 18.0 Å². The quantitative estimate of drug-likeness (QED) is 0.701. The molecule has 2 aliphatic heterocycles. The van der Waals surface area contributed by atoms with E-state index in [2.05, 4.69) is 0 Å². The highest BCUT2D eigenvalue weighted by Crippen LogP contribution is 2.45. The van der Waals surface area contributed by atoms with E-state index in [-0.39, 0.29) is 29.4 Å². The summed E-state index contributed by atoms with van der Waals surface area (Å²) in [4.78, 5) is 16.1. The van der Waals surface area contributed by atoms with E-state index in [1.807, 2.05) is 11.8 Å². The Bertz CT molecular complexity index is 824. The molecule has 9 heteroatoms. The van der Waals surface area contributed by atoms with Crippen LogP contribution >= 0.6 is 0 Å². The van der Waals surface area contributed by atoms with E-state index in [1.165, 1.54) is 13.2 Å². The van der Waals surface area contributed by atoms with Crippen molar-refractivity contribution in [1.82, 2.24) is 4.90 Å². The number of nitrogens with zero attached hydrogens (tertiary/aromatic N) is 3. The number of methoxy groups -OCH3 is 1. The number of benzene rings is 1. The number of carbonyl (C=O) groups is 1. The molecule has 30 heavy (non-hydrogen) atoms. The first-order valence-corrected chi connectivity index (χ1v) is 9.95. The number of amides is 1. The van der Waals surface area contributed by atoms with E-state index in [4.69, 9.17) is 14.7 Å². The Morgan fingerprint density at radius 3 is 2.77 bits per heavy atom. The van der Waals surface area contributed by atoms with E-state index in [0.717, 1.165) is 12.5 Å². The fourth-order valence-corrected chi connectivity index (χ4v) is 4.58. The van der Waals surface area contributed by atoms with Crippen LogP contribution in [0, 0.1) is 22.7 Å². The van der Waals surface area contributed by atoms with Gasteiger partial charge in [0.2, 0.25) is 5.91 Å². The van der Waals surface area contributed by atoms with Crippen LogP contribution in [0.1, 0.15) is 24.5 Å². The van der Waals surface area contributed by atoms with Crippen molar-refractivity contribution >= 4 is 11.6 Å². The third-order valence-corrected chi connectivity index (χ3v) is 6.07. The number of alkyl halides is 3. The predicted octanol–water partition coefficient (Wildman–Crippen LogP) is 2.91. The molecule has 0 N–H and O–H groups in total. The Hall–Kier alpha value is -2.31. The van der Waals surface area contributed by atoms with Gasteiger partial charge in [0.25, 0.3) is 0 Å². The number of carbonyl (C=O) groups excluding carboxylic acids is 1. The Morgan fingerprint density at radius 2 is 2.13 bits per heavy atom. The molecule has 0 unspecified atom stereocenters. The number of hydrogen-bond acceptors (Lipinski definition) is 5. The lowest BCUT2D eigenvalue weighted by molar-refractivity contribution is -0.141. The first-order valence-electron chi connectivity index (χ1n) is 9.95. The molecule has 0 aliphatic carbocycles. The number of anilines is 1. The summed E-state index contributed by atoms with van der Waals surface area (Å²) in [6, 6.07) is 5.46. The zero-order valence-electron chi connectivity index (χ0n) is 17.2. The van der Waals surface area contributed by atoms with Crippen LogP contribution in [0.15, 0.2) is 18.2 Å². The van der Waals surface area contributed by atoms with Crippen LogP contribution in [0.3, 0.4) is 0 Å². The number of nitriles is 1. The molecule has 2 saturated heterocycles. The average molecular weight is 425 g/mol. The second-order valence-electron chi connectivity index (χ2n) is 7.95. The molecule has 1 aromatic rings. The van der Waals surface area contributed by atoms with E-state index in [0.29, 0.717) is 45.1 Å². The zero-order chi connectivity index (χ0) is 21.9. The van der Waals surface area contributed by atoms with Crippen LogP contribution in [0.4, 0.5) is 18.9 Å². The zero-order valence-corrected chi connectivity index (χ0v) is 17.2. The predicted molar refractivity (Wildman–Crippen MR) is 104 cm³/mol. The lowest BCUT2D eigenvalue weighted by atomic mass is 9.74. The number of hydrogen-bond donors (Lipinski definition) is 0. The molecule has 1 aromatic carbocycles. The van der Waals surface area contributed by atoms with Crippen molar-refractivity contribution in [3.05, 3.63) is 29.3 Å². The largest absolute Gasteiger partial charge is 0.417 e. The van der Waals surface area contributed by atoms with E-state index >= 15 is 0 Å². The molecule has 2 heterocycles. The van der Waals surface area contributed by atoms with Crippen LogP contribution < -0.4 is 4.90 Å². The first kappa shape index (κ1) is 22.4. The summed E-state index contributed by atoms with van der Waals surface area (Å²) in [5.41, 5.74) is -1.23. The highest BCUT2D eigenvalue weighted by atomic mass is 19.4. The van der Waals surface area contributed by atoms with Gasteiger partial charge in [-0.1, -0.05) is 0 Å². The van der Waals surface area contributed by atoms with Crippen molar-refractivity contribution in [2.24, 2.45) is 11.3 Å². The van der Waals surface area contributed by atoms with Gasteiger partial charge >= 0.3 is 6.18 Å². The minimum atomic E-state index is -4.60. The third kappa shape index (κ3) is 4.40. The molecular weight excluding hydrogens is 399 g/mol.